The summed E-state index contributed by atoms with van der Waals surface area (Å²) in [6, 6.07) is 8.85. The Labute approximate surface area is 118 Å². The largest absolute Gasteiger partial charge is 0.411 e. The number of benzene rings is 1. The van der Waals surface area contributed by atoms with Gasteiger partial charge < -0.3 is 9.64 Å². The summed E-state index contributed by atoms with van der Waals surface area (Å²) in [6.07, 6.45) is -5.31. The molecule has 0 bridgehead atoms. The first kappa shape index (κ1) is 14.2. The number of carbonyl (C=O) groups excluding carboxylic acids is 1. The molecule has 1 atom stereocenters. The smallest absolute Gasteiger partial charge is 0.365 e. The Morgan fingerprint density at radius 2 is 1.95 bits per heavy atom. The molecule has 5 nitrogen and oxygen atoms in total. The van der Waals surface area contributed by atoms with Crippen LogP contribution in [0.3, 0.4) is 0 Å². The second-order valence-electron chi connectivity index (χ2n) is 4.93. The van der Waals surface area contributed by atoms with Gasteiger partial charge in [0.25, 0.3) is 0 Å². The number of urea groups is 1. The quantitative estimate of drug-likeness (QED) is 0.805. The molecule has 1 aromatic rings. The summed E-state index contributed by atoms with van der Waals surface area (Å²) in [6.45, 7) is -0.987. The van der Waals surface area contributed by atoms with Crippen LogP contribution in [0.5, 0.6) is 0 Å². The highest BCUT2D eigenvalue weighted by molar-refractivity contribution is 5.76. The third-order valence-corrected chi connectivity index (χ3v) is 3.26. The molecular weight excluding hydrogens is 289 g/mol. The van der Waals surface area contributed by atoms with E-state index in [0.717, 1.165) is 5.56 Å². The fraction of sp³-hybridized carbons (Fsp3) is 0.462. The Bertz CT molecular complexity index is 517. The normalized spacial score (nSPS) is 22.1. The van der Waals surface area contributed by atoms with Gasteiger partial charge in [0.15, 0.2) is 0 Å². The Hall–Kier alpha value is -1.80. The van der Waals surface area contributed by atoms with Crippen molar-refractivity contribution >= 4 is 6.03 Å². The predicted octanol–water partition coefficient (Wildman–Crippen LogP) is 2.32. The first-order valence-electron chi connectivity index (χ1n) is 6.42. The number of alkyl halides is 3. The summed E-state index contributed by atoms with van der Waals surface area (Å²) in [5, 5.41) is 1.20. The molecule has 2 aliphatic rings. The molecule has 2 fully saturated rings. The maximum absolute atomic E-state index is 12.0. The summed E-state index contributed by atoms with van der Waals surface area (Å²) < 4.78 is 40.6. The number of ether oxygens (including phenoxy) is 1. The lowest BCUT2D eigenvalue weighted by Crippen LogP contribution is -2.56. The highest BCUT2D eigenvalue weighted by Crippen LogP contribution is 2.38. The predicted molar refractivity (Wildman–Crippen MR) is 64.9 cm³/mol. The van der Waals surface area contributed by atoms with Crippen LogP contribution >= 0.6 is 0 Å². The average Bonchev–Trinajstić information content (AvgIpc) is 3.16. The van der Waals surface area contributed by atoms with Gasteiger partial charge in [0.05, 0.1) is 19.2 Å². The molecule has 2 heterocycles. The zero-order valence-corrected chi connectivity index (χ0v) is 10.9. The van der Waals surface area contributed by atoms with Crippen molar-refractivity contribution < 1.29 is 27.5 Å². The summed E-state index contributed by atoms with van der Waals surface area (Å²) in [7, 11) is 0. The summed E-state index contributed by atoms with van der Waals surface area (Å²) in [5.41, 5.74) is 0.858. The molecule has 21 heavy (non-hydrogen) atoms. The molecule has 2 aliphatic heterocycles. The standard InChI is InChI=1S/C13H13F3N2O3/c14-13(15,16)8-20-10-6-17(7-10)12(19)18-11(21-18)9-4-2-1-3-5-9/h1-5,10-11H,6-8H2. The van der Waals surface area contributed by atoms with Crippen LogP contribution in [0, 0.1) is 0 Å². The van der Waals surface area contributed by atoms with E-state index in [1.165, 1.54) is 9.96 Å². The summed E-state index contributed by atoms with van der Waals surface area (Å²) >= 11 is 0. The fourth-order valence-corrected chi connectivity index (χ4v) is 2.09. The molecular formula is C13H13F3N2O3. The van der Waals surface area contributed by atoms with E-state index in [1.54, 1.807) is 0 Å². The Morgan fingerprint density at radius 3 is 2.57 bits per heavy atom. The van der Waals surface area contributed by atoms with Crippen molar-refractivity contribution in [3.05, 3.63) is 35.9 Å². The topological polar surface area (TPSA) is 45.1 Å². The Morgan fingerprint density at radius 1 is 1.29 bits per heavy atom. The SMILES string of the molecule is O=C(N1CC(OCC(F)(F)F)C1)N1OC1c1ccccc1. The molecule has 2 amide bonds. The zero-order valence-electron chi connectivity index (χ0n) is 10.9. The lowest BCUT2D eigenvalue weighted by atomic mass is 10.2. The number of likely N-dealkylation sites (tertiary alicyclic amines) is 1. The second-order valence-corrected chi connectivity index (χ2v) is 4.93. The number of carbonyl (C=O) groups is 1. The van der Waals surface area contributed by atoms with Crippen molar-refractivity contribution in [2.24, 2.45) is 0 Å². The van der Waals surface area contributed by atoms with Crippen molar-refractivity contribution in [3.63, 3.8) is 0 Å². The van der Waals surface area contributed by atoms with E-state index in [0.29, 0.717) is 0 Å². The minimum atomic E-state index is -4.34. The summed E-state index contributed by atoms with van der Waals surface area (Å²) in [5.74, 6) is 0. The molecule has 8 heteroatoms. The molecule has 0 saturated carbocycles. The lowest BCUT2D eigenvalue weighted by molar-refractivity contribution is -0.196. The van der Waals surface area contributed by atoms with E-state index in [-0.39, 0.29) is 19.1 Å². The van der Waals surface area contributed by atoms with Gasteiger partial charge in [0.1, 0.15) is 6.61 Å². The van der Waals surface area contributed by atoms with E-state index in [4.69, 9.17) is 4.84 Å². The van der Waals surface area contributed by atoms with Crippen LogP contribution in [0.2, 0.25) is 0 Å². The molecule has 2 saturated heterocycles. The third-order valence-electron chi connectivity index (χ3n) is 3.26. The number of halogens is 3. The van der Waals surface area contributed by atoms with Crippen LogP contribution in [-0.4, -0.2) is 48.0 Å². The van der Waals surface area contributed by atoms with Gasteiger partial charge in [-0.15, -0.1) is 0 Å². The van der Waals surface area contributed by atoms with Gasteiger partial charge in [0, 0.05) is 5.56 Å². The number of nitrogens with zero attached hydrogens (tertiary/aromatic N) is 2. The van der Waals surface area contributed by atoms with Gasteiger partial charge in [-0.2, -0.15) is 18.2 Å². The zero-order chi connectivity index (χ0) is 15.0. The summed E-state index contributed by atoms with van der Waals surface area (Å²) in [4.78, 5) is 18.6. The minimum Gasteiger partial charge on any atom is -0.365 e. The highest BCUT2D eigenvalue weighted by atomic mass is 19.4. The average molecular weight is 302 g/mol. The van der Waals surface area contributed by atoms with Crippen molar-refractivity contribution in [1.29, 1.82) is 0 Å². The molecule has 1 aromatic carbocycles. The van der Waals surface area contributed by atoms with Gasteiger partial charge in [-0.25, -0.2) is 9.63 Å². The number of hydrogen-bond acceptors (Lipinski definition) is 3. The highest BCUT2D eigenvalue weighted by Gasteiger charge is 2.47. The fourth-order valence-electron chi connectivity index (χ4n) is 2.09. The van der Waals surface area contributed by atoms with Crippen molar-refractivity contribution in [2.45, 2.75) is 18.5 Å². The van der Waals surface area contributed by atoms with E-state index in [1.807, 2.05) is 30.3 Å². The van der Waals surface area contributed by atoms with Crippen LogP contribution in [0.15, 0.2) is 30.3 Å². The molecule has 0 spiro atoms. The molecule has 0 N–H and O–H groups in total. The first-order chi connectivity index (χ1) is 9.94. The van der Waals surface area contributed by atoms with Gasteiger partial charge in [-0.3, -0.25) is 0 Å². The van der Waals surface area contributed by atoms with E-state index in [9.17, 15) is 18.0 Å². The molecule has 0 radical (unpaired) electrons. The van der Waals surface area contributed by atoms with Crippen LogP contribution in [-0.2, 0) is 9.57 Å². The Balaban J connectivity index is 1.43. The van der Waals surface area contributed by atoms with Gasteiger partial charge in [-0.05, 0) is 0 Å². The molecule has 114 valence electrons. The first-order valence-corrected chi connectivity index (χ1v) is 6.42. The van der Waals surface area contributed by atoms with E-state index >= 15 is 0 Å². The molecule has 0 aromatic heterocycles. The van der Waals surface area contributed by atoms with Crippen LogP contribution in [0.4, 0.5) is 18.0 Å². The van der Waals surface area contributed by atoms with Gasteiger partial charge in [0.2, 0.25) is 6.23 Å². The number of hydrogen-bond donors (Lipinski definition) is 0. The van der Waals surface area contributed by atoms with Crippen molar-refractivity contribution in [3.8, 4) is 0 Å². The van der Waals surface area contributed by atoms with Crippen LogP contribution in [0.25, 0.3) is 0 Å². The van der Waals surface area contributed by atoms with E-state index in [2.05, 4.69) is 4.74 Å². The molecule has 1 unspecified atom stereocenters. The third kappa shape index (κ3) is 3.27. The second kappa shape index (κ2) is 5.19. The number of rotatable bonds is 3. The van der Waals surface area contributed by atoms with Crippen LogP contribution < -0.4 is 0 Å². The van der Waals surface area contributed by atoms with Gasteiger partial charge >= 0.3 is 12.2 Å². The van der Waals surface area contributed by atoms with Crippen LogP contribution in [0.1, 0.15) is 11.8 Å². The number of amides is 2. The molecule has 3 rings (SSSR count). The van der Waals surface area contributed by atoms with Crippen molar-refractivity contribution in [1.82, 2.24) is 9.96 Å². The van der Waals surface area contributed by atoms with E-state index < -0.39 is 25.1 Å². The van der Waals surface area contributed by atoms with Gasteiger partial charge in [-0.1, -0.05) is 30.3 Å². The number of hydroxylamine groups is 2. The monoisotopic (exact) mass is 302 g/mol. The minimum absolute atomic E-state index is 0.149. The lowest BCUT2D eigenvalue weighted by Gasteiger charge is -2.38. The maximum Gasteiger partial charge on any atom is 0.411 e. The maximum atomic E-state index is 12.0. The Kier molecular flexibility index (Phi) is 3.50. The molecule has 0 aliphatic carbocycles. The van der Waals surface area contributed by atoms with Crippen molar-refractivity contribution in [2.75, 3.05) is 19.7 Å².